The number of hydrogen-bond donors (Lipinski definition) is 1. The van der Waals surface area contributed by atoms with Crippen molar-refractivity contribution in [3.8, 4) is 0 Å². The van der Waals surface area contributed by atoms with Gasteiger partial charge in [0.1, 0.15) is 0 Å². The summed E-state index contributed by atoms with van der Waals surface area (Å²) in [5.41, 5.74) is 7.08. The molecule has 4 nitrogen and oxygen atoms in total. The van der Waals surface area contributed by atoms with Crippen molar-refractivity contribution in [3.05, 3.63) is 29.6 Å². The molecule has 1 aliphatic heterocycles. The van der Waals surface area contributed by atoms with Crippen LogP contribution in [0.1, 0.15) is 55.1 Å². The molecule has 1 aromatic rings. The Morgan fingerprint density at radius 2 is 2.25 bits per heavy atom. The van der Waals surface area contributed by atoms with Gasteiger partial charge in [-0.15, -0.1) is 12.4 Å². The predicted octanol–water partition coefficient (Wildman–Crippen LogP) is 2.76. The van der Waals surface area contributed by atoms with E-state index in [1.807, 2.05) is 11.0 Å². The lowest BCUT2D eigenvalue weighted by Crippen LogP contribution is -2.39. The highest BCUT2D eigenvalue weighted by atomic mass is 35.5. The first kappa shape index (κ1) is 16.9. The lowest BCUT2D eigenvalue weighted by Gasteiger charge is -2.29. The van der Waals surface area contributed by atoms with E-state index in [0.717, 1.165) is 37.1 Å². The van der Waals surface area contributed by atoms with Crippen molar-refractivity contribution in [1.82, 2.24) is 9.88 Å². The molecule has 1 atom stereocenters. The first-order chi connectivity index (χ1) is 9.26. The molecule has 0 aliphatic carbocycles. The molecule has 20 heavy (non-hydrogen) atoms. The second-order valence-corrected chi connectivity index (χ2v) is 5.15. The van der Waals surface area contributed by atoms with Crippen molar-refractivity contribution < 1.29 is 4.79 Å². The number of nitrogens with two attached hydrogens (primary N) is 1. The fourth-order valence-electron chi connectivity index (χ4n) is 2.76. The van der Waals surface area contributed by atoms with Gasteiger partial charge in [0.15, 0.2) is 0 Å². The van der Waals surface area contributed by atoms with Gasteiger partial charge >= 0.3 is 0 Å². The minimum Gasteiger partial charge on any atom is -0.336 e. The van der Waals surface area contributed by atoms with Gasteiger partial charge in [-0.2, -0.15) is 0 Å². The Labute approximate surface area is 127 Å². The average Bonchev–Trinajstić information content (AvgIpc) is 2.71. The van der Waals surface area contributed by atoms with Crippen LogP contribution >= 0.6 is 12.4 Å². The number of aromatic nitrogens is 1. The molecular formula is C15H24ClN3O. The van der Waals surface area contributed by atoms with Crippen LogP contribution in [-0.2, 0) is 6.54 Å². The number of carbonyl (C=O) groups is 1. The Morgan fingerprint density at radius 1 is 1.45 bits per heavy atom. The number of rotatable bonds is 3. The number of nitrogens with zero attached hydrogens (tertiary/aromatic N) is 2. The quantitative estimate of drug-likeness (QED) is 0.933. The summed E-state index contributed by atoms with van der Waals surface area (Å²) in [4.78, 5) is 18.8. The van der Waals surface area contributed by atoms with E-state index in [1.54, 1.807) is 12.3 Å². The highest BCUT2D eigenvalue weighted by molar-refractivity contribution is 5.94. The lowest BCUT2D eigenvalue weighted by atomic mass is 10.1. The average molecular weight is 298 g/mol. The Morgan fingerprint density at radius 3 is 2.95 bits per heavy atom. The Hall–Kier alpha value is -1.13. The van der Waals surface area contributed by atoms with E-state index < -0.39 is 0 Å². The highest BCUT2D eigenvalue weighted by Crippen LogP contribution is 2.21. The minimum atomic E-state index is 0. The minimum absolute atomic E-state index is 0. The molecule has 0 spiro atoms. The van der Waals surface area contributed by atoms with Crippen LogP contribution in [-0.4, -0.2) is 28.4 Å². The first-order valence-corrected chi connectivity index (χ1v) is 7.22. The molecule has 5 heteroatoms. The van der Waals surface area contributed by atoms with Gasteiger partial charge in [-0.1, -0.05) is 19.8 Å². The number of carbonyl (C=O) groups excluding carboxylic acids is 1. The third-order valence-corrected chi connectivity index (χ3v) is 3.88. The van der Waals surface area contributed by atoms with Gasteiger partial charge in [-0.3, -0.25) is 9.78 Å². The SMILES string of the molecule is CCC1CCCCCN1C(=O)c1ccnc(CN)c1.Cl. The maximum atomic E-state index is 12.6. The van der Waals surface area contributed by atoms with Crippen LogP contribution < -0.4 is 5.73 Å². The van der Waals surface area contributed by atoms with Crippen LogP contribution in [0.4, 0.5) is 0 Å². The van der Waals surface area contributed by atoms with Crippen LogP contribution in [0.25, 0.3) is 0 Å². The van der Waals surface area contributed by atoms with Gasteiger partial charge in [-0.25, -0.2) is 0 Å². The monoisotopic (exact) mass is 297 g/mol. The molecular weight excluding hydrogens is 274 g/mol. The number of pyridine rings is 1. The van der Waals surface area contributed by atoms with Crippen LogP contribution in [0, 0.1) is 0 Å². The molecule has 2 heterocycles. The summed E-state index contributed by atoms with van der Waals surface area (Å²) in [5.74, 6) is 0.130. The van der Waals surface area contributed by atoms with Crippen LogP contribution in [0.15, 0.2) is 18.3 Å². The molecule has 1 saturated heterocycles. The van der Waals surface area contributed by atoms with E-state index in [-0.39, 0.29) is 18.3 Å². The lowest BCUT2D eigenvalue weighted by molar-refractivity contribution is 0.0678. The third-order valence-electron chi connectivity index (χ3n) is 3.88. The fraction of sp³-hybridized carbons (Fsp3) is 0.600. The second kappa shape index (κ2) is 8.22. The third kappa shape index (κ3) is 3.93. The summed E-state index contributed by atoms with van der Waals surface area (Å²) in [5, 5.41) is 0. The molecule has 1 unspecified atom stereocenters. The van der Waals surface area contributed by atoms with E-state index in [4.69, 9.17) is 5.73 Å². The molecule has 112 valence electrons. The molecule has 1 amide bonds. The zero-order chi connectivity index (χ0) is 13.7. The van der Waals surface area contributed by atoms with Gasteiger partial charge in [-0.05, 0) is 31.4 Å². The van der Waals surface area contributed by atoms with E-state index in [1.165, 1.54) is 12.8 Å². The summed E-state index contributed by atoms with van der Waals surface area (Å²) in [6, 6.07) is 3.99. The van der Waals surface area contributed by atoms with E-state index in [9.17, 15) is 4.79 Å². The van der Waals surface area contributed by atoms with Crippen molar-refractivity contribution in [2.45, 2.75) is 51.6 Å². The molecule has 0 bridgehead atoms. The summed E-state index contributed by atoms with van der Waals surface area (Å²) >= 11 is 0. The van der Waals surface area contributed by atoms with Gasteiger partial charge in [0.2, 0.25) is 0 Å². The van der Waals surface area contributed by atoms with Crippen LogP contribution in [0.2, 0.25) is 0 Å². The van der Waals surface area contributed by atoms with E-state index >= 15 is 0 Å². The summed E-state index contributed by atoms with van der Waals surface area (Å²) in [6.07, 6.45) is 7.39. The predicted molar refractivity (Wildman–Crippen MR) is 83.0 cm³/mol. The highest BCUT2D eigenvalue weighted by Gasteiger charge is 2.25. The second-order valence-electron chi connectivity index (χ2n) is 5.15. The molecule has 1 aliphatic rings. The molecule has 0 saturated carbocycles. The number of likely N-dealkylation sites (tertiary alicyclic amines) is 1. The largest absolute Gasteiger partial charge is 0.336 e. The normalized spacial score (nSPS) is 19.1. The Kier molecular flexibility index (Phi) is 6.96. The number of hydrogen-bond acceptors (Lipinski definition) is 3. The topological polar surface area (TPSA) is 59.2 Å². The summed E-state index contributed by atoms with van der Waals surface area (Å²) in [6.45, 7) is 3.41. The van der Waals surface area contributed by atoms with E-state index in [2.05, 4.69) is 11.9 Å². The molecule has 2 N–H and O–H groups in total. The zero-order valence-corrected chi connectivity index (χ0v) is 12.9. The number of halogens is 1. The summed E-state index contributed by atoms with van der Waals surface area (Å²) < 4.78 is 0. The van der Waals surface area contributed by atoms with Crippen molar-refractivity contribution in [2.75, 3.05) is 6.54 Å². The van der Waals surface area contributed by atoms with Crippen molar-refractivity contribution in [3.63, 3.8) is 0 Å². The van der Waals surface area contributed by atoms with Crippen molar-refractivity contribution in [1.29, 1.82) is 0 Å². The van der Waals surface area contributed by atoms with Crippen LogP contribution in [0.3, 0.4) is 0 Å². The molecule has 0 aromatic carbocycles. The number of amides is 1. The first-order valence-electron chi connectivity index (χ1n) is 7.22. The zero-order valence-electron chi connectivity index (χ0n) is 12.0. The van der Waals surface area contributed by atoms with E-state index in [0.29, 0.717) is 12.6 Å². The van der Waals surface area contributed by atoms with Gasteiger partial charge in [0.05, 0.1) is 5.69 Å². The molecule has 1 aromatic heterocycles. The Balaban J connectivity index is 0.00000200. The van der Waals surface area contributed by atoms with Gasteiger partial charge in [0, 0.05) is 30.9 Å². The summed E-state index contributed by atoms with van der Waals surface area (Å²) in [7, 11) is 0. The smallest absolute Gasteiger partial charge is 0.254 e. The van der Waals surface area contributed by atoms with Gasteiger partial charge < -0.3 is 10.6 Å². The molecule has 0 radical (unpaired) electrons. The maximum absolute atomic E-state index is 12.6. The molecule has 2 rings (SSSR count). The van der Waals surface area contributed by atoms with Gasteiger partial charge in [0.25, 0.3) is 5.91 Å². The van der Waals surface area contributed by atoms with Crippen molar-refractivity contribution in [2.24, 2.45) is 5.73 Å². The standard InChI is InChI=1S/C15H23N3O.ClH/c1-2-14-6-4-3-5-9-18(14)15(19)12-7-8-17-13(10-12)11-16;/h7-8,10,14H,2-6,9,11,16H2,1H3;1H. The fourth-order valence-corrected chi connectivity index (χ4v) is 2.76. The maximum Gasteiger partial charge on any atom is 0.254 e. The Bertz CT molecular complexity index is 439. The molecule has 1 fully saturated rings. The van der Waals surface area contributed by atoms with Crippen molar-refractivity contribution >= 4 is 18.3 Å². The van der Waals surface area contributed by atoms with Crippen LogP contribution in [0.5, 0.6) is 0 Å².